The van der Waals surface area contributed by atoms with Crippen molar-refractivity contribution in [2.24, 2.45) is 0 Å². The van der Waals surface area contributed by atoms with Crippen LogP contribution in [-0.4, -0.2) is 36.2 Å². The second kappa shape index (κ2) is 8.01. The molecule has 0 aliphatic carbocycles. The van der Waals surface area contributed by atoms with Crippen molar-refractivity contribution in [3.05, 3.63) is 65.7 Å². The van der Waals surface area contributed by atoms with E-state index >= 15 is 0 Å². The van der Waals surface area contributed by atoms with Crippen molar-refractivity contribution >= 4 is 17.5 Å². The molecule has 1 saturated heterocycles. The van der Waals surface area contributed by atoms with Crippen LogP contribution in [0.5, 0.6) is 0 Å². The first-order valence-electron chi connectivity index (χ1n) is 8.71. The van der Waals surface area contributed by atoms with Crippen molar-refractivity contribution in [1.82, 2.24) is 10.8 Å². The highest BCUT2D eigenvalue weighted by Crippen LogP contribution is 2.26. The molecule has 1 aliphatic heterocycles. The molecule has 0 aromatic heterocycles. The molecule has 6 heteroatoms. The molecule has 26 heavy (non-hydrogen) atoms. The van der Waals surface area contributed by atoms with Gasteiger partial charge in [0.15, 0.2) is 0 Å². The van der Waals surface area contributed by atoms with Gasteiger partial charge in [-0.3, -0.25) is 14.8 Å². The summed E-state index contributed by atoms with van der Waals surface area (Å²) in [6.45, 7) is 3.54. The standard InChI is InChI=1S/C20H23N3O3/c1-14(15-5-3-2-4-6-15)13-23(18-11-19(24)21-12-18)17-9-7-16(8-10-17)20(25)22-26/h2-10,14,18,26H,11-13H2,1H3,(H,21,24)(H,22,25). The van der Waals surface area contributed by atoms with Crippen LogP contribution in [0, 0.1) is 0 Å². The van der Waals surface area contributed by atoms with Gasteiger partial charge in [0.25, 0.3) is 5.91 Å². The Bertz CT molecular complexity index is 762. The number of hydrogen-bond acceptors (Lipinski definition) is 4. The molecule has 2 unspecified atom stereocenters. The second-order valence-corrected chi connectivity index (χ2v) is 6.61. The van der Waals surface area contributed by atoms with E-state index in [4.69, 9.17) is 5.21 Å². The molecular weight excluding hydrogens is 330 g/mol. The van der Waals surface area contributed by atoms with E-state index in [0.29, 0.717) is 18.5 Å². The monoisotopic (exact) mass is 353 g/mol. The number of carbonyl (C=O) groups excluding carboxylic acids is 2. The maximum absolute atomic E-state index is 11.7. The first-order valence-corrected chi connectivity index (χ1v) is 8.71. The van der Waals surface area contributed by atoms with Gasteiger partial charge in [-0.2, -0.15) is 0 Å². The van der Waals surface area contributed by atoms with Crippen LogP contribution in [0.15, 0.2) is 54.6 Å². The summed E-state index contributed by atoms with van der Waals surface area (Å²) in [6.07, 6.45) is 0.459. The molecule has 0 spiro atoms. The van der Waals surface area contributed by atoms with Crippen molar-refractivity contribution in [3.8, 4) is 0 Å². The Morgan fingerprint density at radius 3 is 2.50 bits per heavy atom. The molecule has 6 nitrogen and oxygen atoms in total. The zero-order valence-electron chi connectivity index (χ0n) is 14.7. The lowest BCUT2D eigenvalue weighted by molar-refractivity contribution is -0.119. The minimum absolute atomic E-state index is 0.0589. The topological polar surface area (TPSA) is 81.7 Å². The highest BCUT2D eigenvalue weighted by Gasteiger charge is 2.29. The Hall–Kier alpha value is -2.86. The molecule has 0 saturated carbocycles. The Balaban J connectivity index is 1.83. The number of anilines is 1. The van der Waals surface area contributed by atoms with Gasteiger partial charge in [-0.15, -0.1) is 0 Å². The largest absolute Gasteiger partial charge is 0.366 e. The SMILES string of the molecule is CC(CN(c1ccc(C(=O)NO)cc1)C1CNC(=O)C1)c1ccccc1. The van der Waals surface area contributed by atoms with E-state index < -0.39 is 5.91 Å². The quantitative estimate of drug-likeness (QED) is 0.550. The number of nitrogens with zero attached hydrogens (tertiary/aromatic N) is 1. The summed E-state index contributed by atoms with van der Waals surface area (Å²) < 4.78 is 0. The van der Waals surface area contributed by atoms with Crippen LogP contribution in [0.3, 0.4) is 0 Å². The van der Waals surface area contributed by atoms with E-state index in [1.54, 1.807) is 17.6 Å². The lowest BCUT2D eigenvalue weighted by Gasteiger charge is -2.33. The lowest BCUT2D eigenvalue weighted by atomic mass is 9.99. The number of benzene rings is 2. The summed E-state index contributed by atoms with van der Waals surface area (Å²) in [7, 11) is 0. The van der Waals surface area contributed by atoms with Crippen molar-refractivity contribution in [1.29, 1.82) is 0 Å². The summed E-state index contributed by atoms with van der Waals surface area (Å²) in [5, 5.41) is 11.7. The number of hydroxylamine groups is 1. The van der Waals surface area contributed by atoms with Crippen LogP contribution < -0.4 is 15.7 Å². The summed E-state index contributed by atoms with van der Waals surface area (Å²) in [5.41, 5.74) is 4.21. The third-order valence-corrected chi connectivity index (χ3v) is 4.80. The fourth-order valence-electron chi connectivity index (χ4n) is 3.33. The normalized spacial score (nSPS) is 17.5. The molecule has 1 fully saturated rings. The van der Waals surface area contributed by atoms with Crippen LogP contribution in [-0.2, 0) is 4.79 Å². The van der Waals surface area contributed by atoms with Gasteiger partial charge >= 0.3 is 0 Å². The molecule has 3 N–H and O–H groups in total. The van der Waals surface area contributed by atoms with Crippen molar-refractivity contribution in [2.45, 2.75) is 25.3 Å². The van der Waals surface area contributed by atoms with Crippen LogP contribution >= 0.6 is 0 Å². The predicted octanol–water partition coefficient (Wildman–Crippen LogP) is 2.30. The fraction of sp³-hybridized carbons (Fsp3) is 0.300. The smallest absolute Gasteiger partial charge is 0.274 e. The summed E-state index contributed by atoms with van der Waals surface area (Å²) in [5.74, 6) is -0.200. The zero-order chi connectivity index (χ0) is 18.5. The molecule has 0 bridgehead atoms. The molecule has 1 aliphatic rings. The minimum atomic E-state index is -0.543. The molecule has 2 aromatic rings. The lowest BCUT2D eigenvalue weighted by Crippen LogP contribution is -2.39. The fourth-order valence-corrected chi connectivity index (χ4v) is 3.33. The van der Waals surface area contributed by atoms with Gasteiger partial charge in [0.1, 0.15) is 0 Å². The highest BCUT2D eigenvalue weighted by molar-refractivity contribution is 5.93. The summed E-state index contributed by atoms with van der Waals surface area (Å²) >= 11 is 0. The van der Waals surface area contributed by atoms with Gasteiger partial charge in [-0.25, -0.2) is 5.48 Å². The molecule has 1 heterocycles. The van der Waals surface area contributed by atoms with E-state index in [-0.39, 0.29) is 17.9 Å². The summed E-state index contributed by atoms with van der Waals surface area (Å²) in [4.78, 5) is 25.5. The maximum atomic E-state index is 11.7. The molecule has 2 amide bonds. The molecule has 3 rings (SSSR count). The van der Waals surface area contributed by atoms with Crippen LogP contribution in [0.4, 0.5) is 5.69 Å². The average molecular weight is 353 g/mol. The van der Waals surface area contributed by atoms with Gasteiger partial charge in [-0.05, 0) is 35.7 Å². The number of carbonyl (C=O) groups is 2. The zero-order valence-corrected chi connectivity index (χ0v) is 14.7. The van der Waals surface area contributed by atoms with Gasteiger partial charge < -0.3 is 10.2 Å². The third kappa shape index (κ3) is 4.03. The first kappa shape index (κ1) is 17.9. The Kier molecular flexibility index (Phi) is 5.53. The molecule has 136 valence electrons. The maximum Gasteiger partial charge on any atom is 0.274 e. The number of nitrogens with one attached hydrogen (secondary N) is 2. The van der Waals surface area contributed by atoms with Gasteiger partial charge in [0, 0.05) is 30.8 Å². The van der Waals surface area contributed by atoms with Crippen LogP contribution in [0.25, 0.3) is 0 Å². The first-order chi connectivity index (χ1) is 12.6. The third-order valence-electron chi connectivity index (χ3n) is 4.80. The molecule has 2 aromatic carbocycles. The van der Waals surface area contributed by atoms with Gasteiger partial charge in [0.2, 0.25) is 5.91 Å². The average Bonchev–Trinajstić information content (AvgIpc) is 3.12. The van der Waals surface area contributed by atoms with Crippen LogP contribution in [0.2, 0.25) is 0 Å². The van der Waals surface area contributed by atoms with E-state index in [9.17, 15) is 9.59 Å². The Labute approximate surface area is 152 Å². The predicted molar refractivity (Wildman–Crippen MR) is 99.3 cm³/mol. The van der Waals surface area contributed by atoms with Crippen molar-refractivity contribution in [2.75, 3.05) is 18.0 Å². The van der Waals surface area contributed by atoms with E-state index in [0.717, 1.165) is 12.2 Å². The summed E-state index contributed by atoms with van der Waals surface area (Å²) in [6, 6.07) is 17.4. The highest BCUT2D eigenvalue weighted by atomic mass is 16.5. The van der Waals surface area contributed by atoms with E-state index in [1.807, 2.05) is 30.3 Å². The number of hydrogen-bond donors (Lipinski definition) is 3. The number of rotatable bonds is 6. The minimum Gasteiger partial charge on any atom is -0.366 e. The van der Waals surface area contributed by atoms with E-state index in [1.165, 1.54) is 5.56 Å². The molecule has 2 atom stereocenters. The van der Waals surface area contributed by atoms with Crippen molar-refractivity contribution < 1.29 is 14.8 Å². The van der Waals surface area contributed by atoms with Gasteiger partial charge in [-0.1, -0.05) is 37.3 Å². The second-order valence-electron chi connectivity index (χ2n) is 6.61. The molecule has 0 radical (unpaired) electrons. The van der Waals surface area contributed by atoms with Gasteiger partial charge in [0.05, 0.1) is 6.04 Å². The van der Waals surface area contributed by atoms with Crippen LogP contribution in [0.1, 0.15) is 35.2 Å². The Morgan fingerprint density at radius 2 is 1.92 bits per heavy atom. The van der Waals surface area contributed by atoms with Crippen molar-refractivity contribution in [3.63, 3.8) is 0 Å². The van der Waals surface area contributed by atoms with E-state index in [2.05, 4.69) is 29.3 Å². The number of amides is 2. The molecular formula is C20H23N3O3. The Morgan fingerprint density at radius 1 is 1.23 bits per heavy atom.